The molecular weight excluding hydrogens is 514 g/mol. The van der Waals surface area contributed by atoms with Gasteiger partial charge in [-0.3, -0.25) is 4.79 Å². The summed E-state index contributed by atoms with van der Waals surface area (Å²) in [5.41, 5.74) is 1.35. The standard InChI is InChI=1S/C19H20Br2ClFN4O/c1-19(5-6-19)27-18(28)13-7-11(3-4-15(13)22)12(9-24)10-26-17(25-2)16(21)14(20)8-23/h3-4,7-10,24-26H,5-6H2,1-2H3,(H,27,28)/b12-10+,14-8-,17-16-,24-9?. The van der Waals surface area contributed by atoms with Crippen molar-refractivity contribution in [1.82, 2.24) is 16.0 Å². The maximum Gasteiger partial charge on any atom is 0.253 e. The molecule has 1 saturated carbocycles. The number of carbonyl (C=O) groups excluding carboxylic acids is 1. The molecular formula is C19H20Br2ClFN4O. The predicted octanol–water partition coefficient (Wildman–Crippen LogP) is 5.19. The number of hydrogen-bond donors (Lipinski definition) is 4. The molecule has 150 valence electrons. The summed E-state index contributed by atoms with van der Waals surface area (Å²) in [6, 6.07) is 5.01. The fraction of sp³-hybridized carbons (Fsp3) is 0.263. The van der Waals surface area contributed by atoms with Crippen LogP contribution < -0.4 is 16.0 Å². The number of benzene rings is 1. The van der Waals surface area contributed by atoms with Crippen LogP contribution in [-0.4, -0.2) is 24.7 Å². The molecule has 0 aliphatic heterocycles. The first-order chi connectivity index (χ1) is 13.2. The van der Waals surface area contributed by atoms with Crippen LogP contribution in [-0.2, 0) is 0 Å². The minimum atomic E-state index is -0.236. The third kappa shape index (κ3) is 5.68. The molecule has 0 bridgehead atoms. The van der Waals surface area contributed by atoms with Gasteiger partial charge in [0.25, 0.3) is 5.91 Å². The van der Waals surface area contributed by atoms with Crippen LogP contribution in [0.2, 0.25) is 5.02 Å². The van der Waals surface area contributed by atoms with Gasteiger partial charge in [0, 0.05) is 30.6 Å². The predicted molar refractivity (Wildman–Crippen MR) is 120 cm³/mol. The van der Waals surface area contributed by atoms with Crippen molar-refractivity contribution in [2.75, 3.05) is 7.05 Å². The molecule has 0 radical (unpaired) electrons. The van der Waals surface area contributed by atoms with E-state index in [9.17, 15) is 9.18 Å². The Hall–Kier alpha value is -1.64. The second-order valence-corrected chi connectivity index (χ2v) is 8.55. The van der Waals surface area contributed by atoms with Crippen molar-refractivity contribution in [1.29, 1.82) is 5.41 Å². The number of amides is 1. The summed E-state index contributed by atoms with van der Waals surface area (Å²) in [5, 5.41) is 16.9. The molecule has 28 heavy (non-hydrogen) atoms. The first-order valence-corrected chi connectivity index (χ1v) is 10.3. The topological polar surface area (TPSA) is 77.0 Å². The van der Waals surface area contributed by atoms with Gasteiger partial charge in [-0.05, 0) is 69.3 Å². The Morgan fingerprint density at radius 3 is 2.57 bits per heavy atom. The van der Waals surface area contributed by atoms with Gasteiger partial charge >= 0.3 is 0 Å². The summed E-state index contributed by atoms with van der Waals surface area (Å²) in [5.74, 6) is 0.244. The summed E-state index contributed by atoms with van der Waals surface area (Å²) in [6.45, 7) is 1.99. The lowest BCUT2D eigenvalue weighted by atomic mass is 10.0. The number of halogens is 4. The Labute approximate surface area is 185 Å². The van der Waals surface area contributed by atoms with Crippen LogP contribution in [0.25, 0.3) is 5.57 Å². The molecule has 1 aromatic rings. The fourth-order valence-electron chi connectivity index (χ4n) is 2.30. The molecule has 0 atom stereocenters. The van der Waals surface area contributed by atoms with Gasteiger partial charge < -0.3 is 21.4 Å². The number of carbonyl (C=O) groups is 1. The van der Waals surface area contributed by atoms with Gasteiger partial charge in [0.1, 0.15) is 12.2 Å². The van der Waals surface area contributed by atoms with Gasteiger partial charge in [-0.25, -0.2) is 4.39 Å². The van der Waals surface area contributed by atoms with Crippen LogP contribution in [0.1, 0.15) is 35.7 Å². The van der Waals surface area contributed by atoms with E-state index in [2.05, 4.69) is 47.8 Å². The minimum absolute atomic E-state index is 0.158. The van der Waals surface area contributed by atoms with Crippen LogP contribution >= 0.6 is 43.5 Å². The van der Waals surface area contributed by atoms with E-state index in [0.29, 0.717) is 38.4 Å². The summed E-state index contributed by atoms with van der Waals surface area (Å²) in [7, 11) is 1.67. The first-order valence-electron chi connectivity index (χ1n) is 8.38. The number of nitrogens with one attached hydrogen (secondary N) is 4. The van der Waals surface area contributed by atoms with Gasteiger partial charge in [0.15, 0.2) is 0 Å². The van der Waals surface area contributed by atoms with E-state index < -0.39 is 0 Å². The summed E-state index contributed by atoms with van der Waals surface area (Å²) < 4.78 is 13.4. The van der Waals surface area contributed by atoms with Crippen molar-refractivity contribution in [3.63, 3.8) is 0 Å². The van der Waals surface area contributed by atoms with Gasteiger partial charge in [-0.1, -0.05) is 17.7 Å². The fourth-order valence-corrected chi connectivity index (χ4v) is 3.10. The maximum atomic E-state index is 12.7. The smallest absolute Gasteiger partial charge is 0.253 e. The number of rotatable bonds is 8. The second kappa shape index (κ2) is 9.71. The van der Waals surface area contributed by atoms with Crippen LogP contribution in [0.4, 0.5) is 4.39 Å². The maximum absolute atomic E-state index is 12.7. The molecule has 0 aromatic heterocycles. The Morgan fingerprint density at radius 1 is 1.36 bits per heavy atom. The Morgan fingerprint density at radius 2 is 2.04 bits per heavy atom. The summed E-state index contributed by atoms with van der Waals surface area (Å²) >= 11 is 12.6. The van der Waals surface area contributed by atoms with Gasteiger partial charge in [0.05, 0.1) is 19.6 Å². The minimum Gasteiger partial charge on any atom is -0.374 e. The van der Waals surface area contributed by atoms with Crippen molar-refractivity contribution in [2.24, 2.45) is 0 Å². The van der Waals surface area contributed by atoms with E-state index in [1.165, 1.54) is 0 Å². The molecule has 0 unspecified atom stereocenters. The lowest BCUT2D eigenvalue weighted by Crippen LogP contribution is -2.34. The van der Waals surface area contributed by atoms with Crippen LogP contribution in [0.15, 0.2) is 45.5 Å². The summed E-state index contributed by atoms with van der Waals surface area (Å²) in [4.78, 5) is 12.5. The largest absolute Gasteiger partial charge is 0.374 e. The number of allylic oxidation sites excluding steroid dienone is 3. The zero-order chi connectivity index (χ0) is 20.9. The molecule has 1 amide bonds. The Kier molecular flexibility index (Phi) is 7.86. The van der Waals surface area contributed by atoms with Gasteiger partial charge in [0.2, 0.25) is 0 Å². The van der Waals surface area contributed by atoms with Crippen molar-refractivity contribution < 1.29 is 9.18 Å². The average molecular weight is 535 g/mol. The second-order valence-electron chi connectivity index (χ2n) is 6.49. The normalized spacial score (nSPS) is 16.8. The highest BCUT2D eigenvalue weighted by atomic mass is 79.9. The number of hydrogen-bond acceptors (Lipinski definition) is 4. The van der Waals surface area contributed by atoms with Gasteiger partial charge in [-0.2, -0.15) is 0 Å². The molecule has 5 nitrogen and oxygen atoms in total. The highest BCUT2D eigenvalue weighted by Crippen LogP contribution is 2.35. The molecule has 1 aliphatic carbocycles. The monoisotopic (exact) mass is 532 g/mol. The average Bonchev–Trinajstić information content (AvgIpc) is 3.41. The molecule has 2 rings (SSSR count). The lowest BCUT2D eigenvalue weighted by molar-refractivity contribution is 0.0935. The van der Waals surface area contributed by atoms with Crippen LogP contribution in [0.3, 0.4) is 0 Å². The summed E-state index contributed by atoms with van der Waals surface area (Å²) in [6.07, 6.45) is 5.03. The molecule has 0 saturated heterocycles. The third-order valence-corrected chi connectivity index (χ3v) is 6.52. The van der Waals surface area contributed by atoms with Crippen molar-refractivity contribution in [3.05, 3.63) is 61.7 Å². The molecule has 0 spiro atoms. The molecule has 9 heteroatoms. The zero-order valence-corrected chi connectivity index (χ0v) is 19.2. The molecule has 0 heterocycles. The molecule has 4 N–H and O–H groups in total. The van der Waals surface area contributed by atoms with E-state index in [-0.39, 0.29) is 15.9 Å². The Bertz CT molecular complexity index is 879. The van der Waals surface area contributed by atoms with E-state index in [1.54, 1.807) is 31.4 Å². The molecule has 1 aliphatic rings. The Balaban J connectivity index is 2.30. The van der Waals surface area contributed by atoms with E-state index in [4.69, 9.17) is 17.0 Å². The highest BCUT2D eigenvalue weighted by Gasteiger charge is 2.39. The van der Waals surface area contributed by atoms with E-state index in [0.717, 1.165) is 19.1 Å². The quantitative estimate of drug-likeness (QED) is 0.274. The zero-order valence-electron chi connectivity index (χ0n) is 15.3. The van der Waals surface area contributed by atoms with Gasteiger partial charge in [-0.15, -0.1) is 0 Å². The SMILES string of the molecule is CN/C(N/C=C(\C=N)c1ccc(Cl)c(C(=O)NC2(C)CC2)c1)=C(Br)\C(Br)=C\F. The van der Waals surface area contributed by atoms with Crippen molar-refractivity contribution in [3.8, 4) is 0 Å². The van der Waals surface area contributed by atoms with E-state index in [1.807, 2.05) is 6.92 Å². The van der Waals surface area contributed by atoms with Crippen molar-refractivity contribution in [2.45, 2.75) is 25.3 Å². The van der Waals surface area contributed by atoms with Crippen LogP contribution in [0.5, 0.6) is 0 Å². The third-order valence-electron chi connectivity index (χ3n) is 4.26. The van der Waals surface area contributed by atoms with Crippen molar-refractivity contribution >= 4 is 61.2 Å². The molecule has 1 fully saturated rings. The molecule has 1 aromatic carbocycles. The lowest BCUT2D eigenvalue weighted by Gasteiger charge is -2.14. The van der Waals surface area contributed by atoms with Crippen LogP contribution in [0, 0.1) is 5.41 Å². The first kappa shape index (κ1) is 22.6. The highest BCUT2D eigenvalue weighted by molar-refractivity contribution is 9.15. The van der Waals surface area contributed by atoms with E-state index >= 15 is 0 Å².